The first-order chi connectivity index (χ1) is 12.5. The van der Waals surface area contributed by atoms with Crippen molar-refractivity contribution in [1.82, 2.24) is 14.3 Å². The van der Waals surface area contributed by atoms with Gasteiger partial charge in [0.1, 0.15) is 12.4 Å². The molecule has 3 rings (SSSR count). The molecule has 2 N–H and O–H groups in total. The van der Waals surface area contributed by atoms with Crippen molar-refractivity contribution in [1.29, 1.82) is 0 Å². The van der Waals surface area contributed by atoms with Crippen LogP contribution in [0.1, 0.15) is 37.6 Å². The number of rotatable bonds is 4. The third-order valence-corrected chi connectivity index (χ3v) is 4.49. The lowest BCUT2D eigenvalue weighted by molar-refractivity contribution is -0.117. The molecule has 0 aliphatic carbocycles. The number of hydrogen-bond donors (Lipinski definition) is 2. The van der Waals surface area contributed by atoms with Crippen molar-refractivity contribution in [3.8, 4) is 0 Å². The quantitative estimate of drug-likeness (QED) is 0.870. The third-order valence-electron chi connectivity index (χ3n) is 4.49. The summed E-state index contributed by atoms with van der Waals surface area (Å²) in [5.41, 5.74) is 1.75. The number of carbonyl (C=O) groups excluding carboxylic acids is 2. The van der Waals surface area contributed by atoms with Gasteiger partial charge in [0.05, 0.1) is 0 Å². The predicted octanol–water partition coefficient (Wildman–Crippen LogP) is 1.68. The van der Waals surface area contributed by atoms with Gasteiger partial charge >= 0.3 is 5.69 Å². The summed E-state index contributed by atoms with van der Waals surface area (Å²) in [5, 5.41) is 9.84. The Hall–Kier alpha value is -2.90. The molecule has 1 aliphatic heterocycles. The fourth-order valence-corrected chi connectivity index (χ4v) is 3.15. The van der Waals surface area contributed by atoms with Crippen LogP contribution in [-0.4, -0.2) is 26.2 Å². The third kappa shape index (κ3) is 3.84. The van der Waals surface area contributed by atoms with E-state index in [9.17, 15) is 14.4 Å². The number of carbonyl (C=O) groups is 2. The first-order valence-electron chi connectivity index (χ1n) is 8.79. The average Bonchev–Trinajstić information content (AvgIpc) is 2.75. The van der Waals surface area contributed by atoms with E-state index in [1.54, 1.807) is 22.8 Å². The van der Waals surface area contributed by atoms with E-state index in [-0.39, 0.29) is 24.0 Å². The summed E-state index contributed by atoms with van der Waals surface area (Å²) in [4.78, 5) is 36.1. The van der Waals surface area contributed by atoms with Crippen molar-refractivity contribution in [3.63, 3.8) is 0 Å². The summed E-state index contributed by atoms with van der Waals surface area (Å²) in [6, 6.07) is 5.27. The Labute approximate surface area is 151 Å². The molecular formula is C18H23N5O3. The highest BCUT2D eigenvalue weighted by Crippen LogP contribution is 2.23. The van der Waals surface area contributed by atoms with Crippen LogP contribution >= 0.6 is 0 Å². The zero-order valence-corrected chi connectivity index (χ0v) is 15.0. The van der Waals surface area contributed by atoms with Crippen LogP contribution in [0, 0.1) is 6.92 Å². The van der Waals surface area contributed by atoms with Crippen molar-refractivity contribution < 1.29 is 9.59 Å². The number of aromatic nitrogens is 3. The summed E-state index contributed by atoms with van der Waals surface area (Å²) in [7, 11) is 0. The summed E-state index contributed by atoms with van der Waals surface area (Å²) in [6.45, 7) is 3.77. The topological polar surface area (TPSA) is 98.0 Å². The van der Waals surface area contributed by atoms with Gasteiger partial charge in [-0.05, 0) is 37.5 Å². The Morgan fingerprint density at radius 1 is 1.15 bits per heavy atom. The molecule has 1 aromatic carbocycles. The molecule has 0 saturated carbocycles. The maximum absolute atomic E-state index is 12.4. The van der Waals surface area contributed by atoms with E-state index < -0.39 is 0 Å². The molecule has 0 radical (unpaired) electrons. The Bertz CT molecular complexity index is 897. The van der Waals surface area contributed by atoms with Crippen molar-refractivity contribution in [3.05, 3.63) is 40.1 Å². The van der Waals surface area contributed by atoms with Gasteiger partial charge < -0.3 is 10.6 Å². The number of nitrogens with zero attached hydrogens (tertiary/aromatic N) is 3. The standard InChI is InChI=1S/C18H23N5O3/c1-12-14(19-13(2)24)7-6-8-15(12)20-17(25)11-23-18(26)22-10-5-3-4-9-16(22)21-23/h6-8H,3-5,9-11H2,1-2H3,(H,19,24)(H,20,25). The number of hydrogen-bond acceptors (Lipinski definition) is 4. The summed E-state index contributed by atoms with van der Waals surface area (Å²) >= 11 is 0. The molecule has 1 aromatic heterocycles. The molecule has 0 bridgehead atoms. The van der Waals surface area contributed by atoms with Crippen LogP contribution in [-0.2, 0) is 29.1 Å². The average molecular weight is 357 g/mol. The number of benzene rings is 1. The molecule has 0 spiro atoms. The summed E-state index contributed by atoms with van der Waals surface area (Å²) < 4.78 is 2.89. The molecule has 0 fully saturated rings. The Morgan fingerprint density at radius 2 is 1.88 bits per heavy atom. The van der Waals surface area contributed by atoms with E-state index in [0.717, 1.165) is 37.1 Å². The zero-order chi connectivity index (χ0) is 18.7. The van der Waals surface area contributed by atoms with Crippen LogP contribution in [0.5, 0.6) is 0 Å². The van der Waals surface area contributed by atoms with Gasteiger partial charge in [-0.3, -0.25) is 14.2 Å². The lowest BCUT2D eigenvalue weighted by Gasteiger charge is -2.12. The maximum atomic E-state index is 12.4. The molecule has 0 unspecified atom stereocenters. The van der Waals surface area contributed by atoms with Gasteiger partial charge in [-0.2, -0.15) is 5.10 Å². The molecule has 138 valence electrons. The minimum Gasteiger partial charge on any atom is -0.326 e. The highest BCUT2D eigenvalue weighted by atomic mass is 16.2. The van der Waals surface area contributed by atoms with Crippen LogP contribution in [0.4, 0.5) is 11.4 Å². The first kappa shape index (κ1) is 17.9. The molecule has 2 amide bonds. The molecular weight excluding hydrogens is 334 g/mol. The Morgan fingerprint density at radius 3 is 2.62 bits per heavy atom. The summed E-state index contributed by atoms with van der Waals surface area (Å²) in [6.07, 6.45) is 3.83. The highest BCUT2D eigenvalue weighted by molar-refractivity contribution is 5.94. The maximum Gasteiger partial charge on any atom is 0.346 e. The van der Waals surface area contributed by atoms with Crippen molar-refractivity contribution in [2.45, 2.75) is 52.6 Å². The predicted molar refractivity (Wildman–Crippen MR) is 98.2 cm³/mol. The van der Waals surface area contributed by atoms with E-state index in [0.29, 0.717) is 17.9 Å². The van der Waals surface area contributed by atoms with E-state index in [1.165, 1.54) is 11.6 Å². The number of amides is 2. The Balaban J connectivity index is 1.74. The number of anilines is 2. The van der Waals surface area contributed by atoms with Gasteiger partial charge in [0.25, 0.3) is 0 Å². The van der Waals surface area contributed by atoms with Crippen LogP contribution in [0.3, 0.4) is 0 Å². The van der Waals surface area contributed by atoms with Gasteiger partial charge in [-0.25, -0.2) is 9.48 Å². The van der Waals surface area contributed by atoms with Crippen LogP contribution in [0.15, 0.2) is 23.0 Å². The molecule has 2 aromatic rings. The highest BCUT2D eigenvalue weighted by Gasteiger charge is 2.17. The fraction of sp³-hybridized carbons (Fsp3) is 0.444. The van der Waals surface area contributed by atoms with Crippen LogP contribution in [0.25, 0.3) is 0 Å². The zero-order valence-electron chi connectivity index (χ0n) is 15.0. The van der Waals surface area contributed by atoms with E-state index in [1.807, 2.05) is 6.92 Å². The van der Waals surface area contributed by atoms with Crippen molar-refractivity contribution in [2.24, 2.45) is 0 Å². The second kappa shape index (κ2) is 7.55. The fourth-order valence-electron chi connectivity index (χ4n) is 3.15. The summed E-state index contributed by atoms with van der Waals surface area (Å²) in [5.74, 6) is 0.246. The van der Waals surface area contributed by atoms with Gasteiger partial charge in [-0.15, -0.1) is 0 Å². The van der Waals surface area contributed by atoms with Crippen LogP contribution < -0.4 is 16.3 Å². The van der Waals surface area contributed by atoms with Crippen molar-refractivity contribution in [2.75, 3.05) is 10.6 Å². The number of fused-ring (bicyclic) bond motifs is 1. The molecule has 1 aliphatic rings. The van der Waals surface area contributed by atoms with E-state index in [4.69, 9.17) is 0 Å². The molecule has 26 heavy (non-hydrogen) atoms. The second-order valence-electron chi connectivity index (χ2n) is 6.53. The first-order valence-corrected chi connectivity index (χ1v) is 8.79. The van der Waals surface area contributed by atoms with Gasteiger partial charge in [0, 0.05) is 31.3 Å². The van der Waals surface area contributed by atoms with Gasteiger partial charge in [-0.1, -0.05) is 12.5 Å². The molecule has 2 heterocycles. The molecule has 8 heteroatoms. The second-order valence-corrected chi connectivity index (χ2v) is 6.53. The smallest absolute Gasteiger partial charge is 0.326 e. The number of aryl methyl sites for hydroxylation is 1. The molecule has 0 atom stereocenters. The van der Waals surface area contributed by atoms with E-state index >= 15 is 0 Å². The lowest BCUT2D eigenvalue weighted by atomic mass is 10.1. The Kier molecular flexibility index (Phi) is 5.20. The monoisotopic (exact) mass is 357 g/mol. The number of nitrogens with one attached hydrogen (secondary N) is 2. The van der Waals surface area contributed by atoms with Gasteiger partial charge in [0.2, 0.25) is 11.8 Å². The normalized spacial score (nSPS) is 13.6. The van der Waals surface area contributed by atoms with Crippen LogP contribution in [0.2, 0.25) is 0 Å². The SMILES string of the molecule is CC(=O)Nc1cccc(NC(=O)Cn2nc3n(c2=O)CCCCC3)c1C. The lowest BCUT2D eigenvalue weighted by Crippen LogP contribution is -2.30. The molecule has 0 saturated heterocycles. The minimum absolute atomic E-state index is 0.136. The van der Waals surface area contributed by atoms with E-state index in [2.05, 4.69) is 15.7 Å². The largest absolute Gasteiger partial charge is 0.346 e. The molecule has 8 nitrogen and oxygen atoms in total. The minimum atomic E-state index is -0.330. The van der Waals surface area contributed by atoms with Crippen molar-refractivity contribution >= 4 is 23.2 Å². The van der Waals surface area contributed by atoms with Gasteiger partial charge in [0.15, 0.2) is 0 Å².